The van der Waals surface area contributed by atoms with Crippen molar-refractivity contribution in [1.82, 2.24) is 5.32 Å². The number of rotatable bonds is 2. The molecule has 0 aromatic rings. The molecule has 1 heterocycles. The maximum atomic E-state index is 10.9. The second-order valence-corrected chi connectivity index (χ2v) is 6.04. The minimum atomic E-state index is -3.35. The van der Waals surface area contributed by atoms with Crippen LogP contribution in [-0.4, -0.2) is 33.1 Å². The molecular weight excluding hydrogens is 202 g/mol. The van der Waals surface area contributed by atoms with Crippen molar-refractivity contribution in [2.75, 3.05) is 12.8 Å². The molecule has 2 aliphatic rings. The van der Waals surface area contributed by atoms with Gasteiger partial charge in [-0.2, -0.15) is 0 Å². The minimum absolute atomic E-state index is 0.0489. The number of amidine groups is 1. The van der Waals surface area contributed by atoms with E-state index >= 15 is 0 Å². The van der Waals surface area contributed by atoms with Crippen LogP contribution < -0.4 is 11.1 Å². The zero-order valence-corrected chi connectivity index (χ0v) is 8.97. The fourth-order valence-corrected chi connectivity index (χ4v) is 2.45. The Hall–Kier alpha value is -0.620. The van der Waals surface area contributed by atoms with Crippen molar-refractivity contribution in [3.63, 3.8) is 0 Å². The lowest BCUT2D eigenvalue weighted by Gasteiger charge is -2.08. The van der Waals surface area contributed by atoms with Crippen LogP contribution in [0.2, 0.25) is 0 Å². The first-order valence-electron chi connectivity index (χ1n) is 4.69. The Kier molecular flexibility index (Phi) is 2.08. The molecule has 2 fully saturated rings. The average Bonchev–Trinajstić information content (AvgIpc) is 2.57. The van der Waals surface area contributed by atoms with Crippen LogP contribution in [0.25, 0.3) is 0 Å². The summed E-state index contributed by atoms with van der Waals surface area (Å²) in [5.74, 6) is 0.205. The molecule has 1 spiro atoms. The molecule has 80 valence electrons. The van der Waals surface area contributed by atoms with Crippen molar-refractivity contribution >= 4 is 15.9 Å². The van der Waals surface area contributed by atoms with E-state index < -0.39 is 10.0 Å². The molecule has 0 amide bonds. The third kappa shape index (κ3) is 2.06. The molecule has 1 saturated carbocycles. The quantitative estimate of drug-likeness (QED) is 0.480. The van der Waals surface area contributed by atoms with Crippen LogP contribution in [0.15, 0.2) is 4.40 Å². The Balaban J connectivity index is 2.06. The van der Waals surface area contributed by atoms with Gasteiger partial charge in [0, 0.05) is 6.54 Å². The summed E-state index contributed by atoms with van der Waals surface area (Å²) >= 11 is 0. The number of nitrogens with two attached hydrogens (primary N) is 1. The number of nitrogens with zero attached hydrogens (tertiary/aromatic N) is 1. The highest BCUT2D eigenvalue weighted by Gasteiger charge is 2.49. The number of sulfonamides is 1. The maximum Gasteiger partial charge on any atom is 0.251 e. The predicted octanol–water partition coefficient (Wildman–Crippen LogP) is -0.555. The van der Waals surface area contributed by atoms with E-state index in [1.54, 1.807) is 0 Å². The van der Waals surface area contributed by atoms with Crippen LogP contribution in [0.3, 0.4) is 0 Å². The van der Waals surface area contributed by atoms with E-state index in [1.807, 2.05) is 0 Å². The highest BCUT2D eigenvalue weighted by atomic mass is 32.2. The van der Waals surface area contributed by atoms with Gasteiger partial charge in [0.2, 0.25) is 0 Å². The molecule has 0 radical (unpaired) electrons. The summed E-state index contributed by atoms with van der Waals surface area (Å²) in [6.07, 6.45) is 4.44. The molecule has 3 N–H and O–H groups in total. The van der Waals surface area contributed by atoms with Crippen LogP contribution in [0.5, 0.6) is 0 Å². The minimum Gasteiger partial charge on any atom is -0.385 e. The van der Waals surface area contributed by atoms with Gasteiger partial charge < -0.3 is 11.1 Å². The SMILES string of the molecule is CS(=O)(=O)N=C(N)[C@@H]1CC2(CC2)CN1. The van der Waals surface area contributed by atoms with Crippen molar-refractivity contribution in [2.24, 2.45) is 15.5 Å². The monoisotopic (exact) mass is 217 g/mol. The largest absolute Gasteiger partial charge is 0.385 e. The standard InChI is InChI=1S/C8H15N3O2S/c1-14(12,13)11-7(9)6-4-8(2-3-8)5-10-6/h6,10H,2-5H2,1H3,(H2,9,11)/t6-/m0/s1. The van der Waals surface area contributed by atoms with Crippen molar-refractivity contribution in [3.05, 3.63) is 0 Å². The normalized spacial score (nSPS) is 30.9. The van der Waals surface area contributed by atoms with E-state index in [4.69, 9.17) is 5.73 Å². The molecule has 1 saturated heterocycles. The molecular formula is C8H15N3O2S. The predicted molar refractivity (Wildman–Crippen MR) is 54.5 cm³/mol. The summed E-state index contributed by atoms with van der Waals surface area (Å²) < 4.78 is 25.2. The zero-order valence-electron chi connectivity index (χ0n) is 8.16. The Morgan fingerprint density at radius 3 is 2.64 bits per heavy atom. The molecule has 1 aliphatic carbocycles. The summed E-state index contributed by atoms with van der Waals surface area (Å²) in [5, 5.41) is 3.21. The molecule has 5 nitrogen and oxygen atoms in total. The van der Waals surface area contributed by atoms with Crippen LogP contribution in [-0.2, 0) is 10.0 Å². The van der Waals surface area contributed by atoms with Crippen LogP contribution in [0.4, 0.5) is 0 Å². The first-order valence-corrected chi connectivity index (χ1v) is 6.54. The van der Waals surface area contributed by atoms with E-state index in [-0.39, 0.29) is 11.9 Å². The maximum absolute atomic E-state index is 10.9. The van der Waals surface area contributed by atoms with E-state index in [0.717, 1.165) is 19.2 Å². The second-order valence-electron chi connectivity index (χ2n) is 4.39. The lowest BCUT2D eigenvalue weighted by atomic mass is 10.0. The van der Waals surface area contributed by atoms with Gasteiger partial charge in [-0.05, 0) is 24.7 Å². The van der Waals surface area contributed by atoms with Gasteiger partial charge in [-0.1, -0.05) is 0 Å². The van der Waals surface area contributed by atoms with Crippen LogP contribution >= 0.6 is 0 Å². The molecule has 0 bridgehead atoms. The third-order valence-corrected chi connectivity index (χ3v) is 3.49. The van der Waals surface area contributed by atoms with Crippen molar-refractivity contribution in [3.8, 4) is 0 Å². The molecule has 0 aromatic carbocycles. The van der Waals surface area contributed by atoms with E-state index in [0.29, 0.717) is 5.41 Å². The van der Waals surface area contributed by atoms with Crippen molar-refractivity contribution in [2.45, 2.75) is 25.3 Å². The second kappa shape index (κ2) is 2.93. The first-order chi connectivity index (χ1) is 6.40. The zero-order chi connectivity index (χ0) is 10.4. The lowest BCUT2D eigenvalue weighted by molar-refractivity contribution is 0.568. The Morgan fingerprint density at radius 1 is 1.57 bits per heavy atom. The van der Waals surface area contributed by atoms with Gasteiger partial charge in [-0.3, -0.25) is 0 Å². The molecule has 0 unspecified atom stereocenters. The Bertz CT molecular complexity index is 370. The summed E-state index contributed by atoms with van der Waals surface area (Å²) in [7, 11) is -3.35. The summed E-state index contributed by atoms with van der Waals surface area (Å²) in [6, 6.07) is -0.0489. The molecule has 1 atom stereocenters. The summed E-state index contributed by atoms with van der Waals surface area (Å²) in [6.45, 7) is 0.942. The van der Waals surface area contributed by atoms with E-state index in [2.05, 4.69) is 9.71 Å². The number of hydrogen-bond acceptors (Lipinski definition) is 3. The molecule has 6 heteroatoms. The van der Waals surface area contributed by atoms with Crippen molar-refractivity contribution < 1.29 is 8.42 Å². The van der Waals surface area contributed by atoms with Gasteiger partial charge in [0.25, 0.3) is 10.0 Å². The van der Waals surface area contributed by atoms with Gasteiger partial charge in [0.15, 0.2) is 0 Å². The number of hydrogen-bond donors (Lipinski definition) is 2. The smallest absolute Gasteiger partial charge is 0.251 e. The van der Waals surface area contributed by atoms with E-state index in [1.165, 1.54) is 12.8 Å². The van der Waals surface area contributed by atoms with Gasteiger partial charge in [-0.15, -0.1) is 4.40 Å². The van der Waals surface area contributed by atoms with Crippen LogP contribution in [0.1, 0.15) is 19.3 Å². The summed E-state index contributed by atoms with van der Waals surface area (Å²) in [5.41, 5.74) is 6.03. The highest BCUT2D eigenvalue weighted by molar-refractivity contribution is 7.89. The molecule has 14 heavy (non-hydrogen) atoms. The highest BCUT2D eigenvalue weighted by Crippen LogP contribution is 2.51. The topological polar surface area (TPSA) is 84.5 Å². The van der Waals surface area contributed by atoms with Crippen molar-refractivity contribution in [1.29, 1.82) is 0 Å². The first kappa shape index (κ1) is 9.92. The van der Waals surface area contributed by atoms with Gasteiger partial charge in [-0.25, -0.2) is 8.42 Å². The molecule has 2 rings (SSSR count). The van der Waals surface area contributed by atoms with Gasteiger partial charge in [0.05, 0.1) is 12.3 Å². The Labute approximate surface area is 83.8 Å². The number of nitrogens with one attached hydrogen (secondary N) is 1. The fourth-order valence-electron chi connectivity index (χ4n) is 1.94. The lowest BCUT2D eigenvalue weighted by Crippen LogP contribution is -2.37. The summed E-state index contributed by atoms with van der Waals surface area (Å²) in [4.78, 5) is 0. The third-order valence-electron chi connectivity index (χ3n) is 2.95. The molecule has 1 aliphatic heterocycles. The van der Waals surface area contributed by atoms with Gasteiger partial charge >= 0.3 is 0 Å². The molecule has 0 aromatic heterocycles. The van der Waals surface area contributed by atoms with Gasteiger partial charge in [0.1, 0.15) is 5.84 Å². The Morgan fingerprint density at radius 2 is 2.21 bits per heavy atom. The fraction of sp³-hybridized carbons (Fsp3) is 0.875. The van der Waals surface area contributed by atoms with Crippen LogP contribution in [0, 0.1) is 5.41 Å². The van der Waals surface area contributed by atoms with E-state index in [9.17, 15) is 8.42 Å². The average molecular weight is 217 g/mol.